The summed E-state index contributed by atoms with van der Waals surface area (Å²) in [6, 6.07) is 0. The normalized spacial score (nSPS) is 19.8. The molecule has 0 radical (unpaired) electrons. The van der Waals surface area contributed by atoms with E-state index < -0.39 is 17.5 Å². The minimum atomic E-state index is -4.52. The summed E-state index contributed by atoms with van der Waals surface area (Å²) >= 11 is 0.605. The van der Waals surface area contributed by atoms with Gasteiger partial charge in [0.25, 0.3) is 11.0 Å². The van der Waals surface area contributed by atoms with Crippen molar-refractivity contribution in [3.05, 3.63) is 5.82 Å². The Kier molecular flexibility index (Phi) is 3.76. The van der Waals surface area contributed by atoms with Gasteiger partial charge in [-0.15, -0.1) is 0 Å². The summed E-state index contributed by atoms with van der Waals surface area (Å²) in [5, 5.41) is -0.0716. The summed E-state index contributed by atoms with van der Waals surface area (Å²) in [6.07, 6.45) is 0.350. The van der Waals surface area contributed by atoms with Crippen LogP contribution >= 0.6 is 11.5 Å². The Bertz CT molecular complexity index is 401. The molecule has 0 spiro atoms. The van der Waals surface area contributed by atoms with Crippen molar-refractivity contribution in [1.29, 1.82) is 0 Å². The first-order valence-corrected chi connectivity index (χ1v) is 6.49. The molecule has 1 aromatic heterocycles. The molecule has 2 rings (SSSR count). The quantitative estimate of drug-likeness (QED) is 0.925. The highest BCUT2D eigenvalue weighted by molar-refractivity contribution is 7.07. The molecule has 0 atom stereocenters. The van der Waals surface area contributed by atoms with Gasteiger partial charge < -0.3 is 10.5 Å². The van der Waals surface area contributed by atoms with Gasteiger partial charge in [0.05, 0.1) is 5.54 Å². The monoisotopic (exact) mass is 281 g/mol. The van der Waals surface area contributed by atoms with Crippen molar-refractivity contribution < 1.29 is 17.9 Å². The zero-order chi connectivity index (χ0) is 13.2. The highest BCUT2D eigenvalue weighted by Crippen LogP contribution is 2.31. The van der Waals surface area contributed by atoms with Crippen molar-refractivity contribution in [2.45, 2.75) is 43.8 Å². The molecule has 18 heavy (non-hydrogen) atoms. The van der Waals surface area contributed by atoms with E-state index in [4.69, 9.17) is 10.5 Å². The predicted molar refractivity (Wildman–Crippen MR) is 60.4 cm³/mol. The SMILES string of the molecule is NC1(COc2nc(C(F)(F)F)ns2)CCCCC1. The van der Waals surface area contributed by atoms with Crippen LogP contribution in [0.25, 0.3) is 0 Å². The molecule has 1 aromatic rings. The van der Waals surface area contributed by atoms with E-state index in [1.54, 1.807) is 0 Å². The Labute approximate surface area is 107 Å². The van der Waals surface area contributed by atoms with Crippen LogP contribution in [-0.4, -0.2) is 21.5 Å². The standard InChI is InChI=1S/C10H14F3N3OS/c11-10(12,13)7-15-8(18-16-7)17-6-9(14)4-2-1-3-5-9/h1-6,14H2. The molecule has 0 aromatic carbocycles. The number of hydrogen-bond donors (Lipinski definition) is 1. The first-order chi connectivity index (χ1) is 8.39. The third-order valence-corrected chi connectivity index (χ3v) is 3.62. The average molecular weight is 281 g/mol. The van der Waals surface area contributed by atoms with E-state index in [1.165, 1.54) is 0 Å². The second kappa shape index (κ2) is 5.00. The van der Waals surface area contributed by atoms with E-state index in [9.17, 15) is 13.2 Å². The lowest BCUT2D eigenvalue weighted by molar-refractivity contribution is -0.144. The molecule has 1 heterocycles. The van der Waals surface area contributed by atoms with E-state index in [0.29, 0.717) is 11.5 Å². The Morgan fingerprint density at radius 2 is 1.94 bits per heavy atom. The van der Waals surface area contributed by atoms with Gasteiger partial charge in [-0.2, -0.15) is 22.5 Å². The summed E-state index contributed by atoms with van der Waals surface area (Å²) in [7, 11) is 0. The number of halogens is 3. The fourth-order valence-corrected chi connectivity index (χ4v) is 2.54. The molecule has 0 bridgehead atoms. The maximum atomic E-state index is 12.3. The summed E-state index contributed by atoms with van der Waals surface area (Å²) in [5.74, 6) is -1.16. The van der Waals surface area contributed by atoms with Gasteiger partial charge in [-0.25, -0.2) is 0 Å². The minimum absolute atomic E-state index is 0.0716. The van der Waals surface area contributed by atoms with Crippen LogP contribution in [-0.2, 0) is 6.18 Å². The highest BCUT2D eigenvalue weighted by Gasteiger charge is 2.36. The Morgan fingerprint density at radius 1 is 1.28 bits per heavy atom. The molecule has 8 heteroatoms. The van der Waals surface area contributed by atoms with Gasteiger partial charge in [0.1, 0.15) is 6.61 Å². The molecule has 2 N–H and O–H groups in total. The van der Waals surface area contributed by atoms with Crippen molar-refractivity contribution >= 4 is 11.5 Å². The topological polar surface area (TPSA) is 61.0 Å². The minimum Gasteiger partial charge on any atom is -0.467 e. The van der Waals surface area contributed by atoms with E-state index in [0.717, 1.165) is 32.1 Å². The summed E-state index contributed by atoms with van der Waals surface area (Å²) in [5.41, 5.74) is 5.67. The summed E-state index contributed by atoms with van der Waals surface area (Å²) in [6.45, 7) is 0.194. The number of nitrogens with zero attached hydrogens (tertiary/aromatic N) is 2. The van der Waals surface area contributed by atoms with Gasteiger partial charge in [0, 0.05) is 11.5 Å². The lowest BCUT2D eigenvalue weighted by atomic mass is 9.83. The smallest absolute Gasteiger partial charge is 0.452 e. The predicted octanol–water partition coefficient (Wildman–Crippen LogP) is 2.60. The largest absolute Gasteiger partial charge is 0.467 e. The molecule has 0 saturated heterocycles. The van der Waals surface area contributed by atoms with Gasteiger partial charge in [-0.3, -0.25) is 0 Å². The zero-order valence-corrected chi connectivity index (χ0v) is 10.5. The summed E-state index contributed by atoms with van der Waals surface area (Å²) < 4.78 is 45.3. The second-order valence-electron chi connectivity index (χ2n) is 4.59. The van der Waals surface area contributed by atoms with E-state index in [-0.39, 0.29) is 11.8 Å². The number of rotatable bonds is 3. The van der Waals surface area contributed by atoms with Crippen LogP contribution in [0, 0.1) is 0 Å². The van der Waals surface area contributed by atoms with Crippen LogP contribution in [0.2, 0.25) is 0 Å². The molecule has 0 amide bonds. The van der Waals surface area contributed by atoms with Gasteiger partial charge in [-0.1, -0.05) is 19.3 Å². The molecule has 1 saturated carbocycles. The van der Waals surface area contributed by atoms with Crippen LogP contribution in [0.4, 0.5) is 13.2 Å². The van der Waals surface area contributed by atoms with Crippen LogP contribution in [0.1, 0.15) is 37.9 Å². The van der Waals surface area contributed by atoms with Crippen LogP contribution in [0.3, 0.4) is 0 Å². The van der Waals surface area contributed by atoms with Crippen LogP contribution in [0.5, 0.6) is 5.19 Å². The van der Waals surface area contributed by atoms with Crippen molar-refractivity contribution in [2.75, 3.05) is 6.61 Å². The molecule has 0 aliphatic heterocycles. The van der Waals surface area contributed by atoms with Crippen LogP contribution in [0.15, 0.2) is 0 Å². The first-order valence-electron chi connectivity index (χ1n) is 5.72. The molecule has 1 aliphatic rings. The molecule has 1 aliphatic carbocycles. The highest BCUT2D eigenvalue weighted by atomic mass is 32.1. The second-order valence-corrected chi connectivity index (χ2v) is 5.31. The molecule has 1 fully saturated rings. The number of nitrogens with two attached hydrogens (primary N) is 1. The number of alkyl halides is 3. The summed E-state index contributed by atoms with van der Waals surface area (Å²) in [4.78, 5) is 3.30. The number of aromatic nitrogens is 2. The fraction of sp³-hybridized carbons (Fsp3) is 0.800. The lowest BCUT2D eigenvalue weighted by Crippen LogP contribution is -2.47. The van der Waals surface area contributed by atoms with E-state index in [2.05, 4.69) is 9.36 Å². The van der Waals surface area contributed by atoms with Crippen LogP contribution < -0.4 is 10.5 Å². The van der Waals surface area contributed by atoms with Gasteiger partial charge in [0.2, 0.25) is 0 Å². The molecule has 4 nitrogen and oxygen atoms in total. The third-order valence-electron chi connectivity index (χ3n) is 2.99. The number of hydrogen-bond acceptors (Lipinski definition) is 5. The lowest BCUT2D eigenvalue weighted by Gasteiger charge is -2.32. The van der Waals surface area contributed by atoms with Gasteiger partial charge >= 0.3 is 6.18 Å². The number of ether oxygens (including phenoxy) is 1. The molecular formula is C10H14F3N3OS. The fourth-order valence-electron chi connectivity index (χ4n) is 1.99. The third kappa shape index (κ3) is 3.32. The molecule has 0 unspecified atom stereocenters. The Hall–Kier alpha value is -0.890. The zero-order valence-electron chi connectivity index (χ0n) is 9.66. The average Bonchev–Trinajstić information content (AvgIpc) is 2.76. The van der Waals surface area contributed by atoms with E-state index >= 15 is 0 Å². The molecular weight excluding hydrogens is 267 g/mol. The Morgan fingerprint density at radius 3 is 2.50 bits per heavy atom. The Balaban J connectivity index is 1.92. The first kappa shape index (κ1) is 13.5. The van der Waals surface area contributed by atoms with E-state index in [1.807, 2.05) is 0 Å². The van der Waals surface area contributed by atoms with Crippen molar-refractivity contribution in [2.24, 2.45) is 5.73 Å². The van der Waals surface area contributed by atoms with Gasteiger partial charge in [-0.05, 0) is 12.8 Å². The molecule has 102 valence electrons. The maximum Gasteiger partial charge on any atom is 0.452 e. The van der Waals surface area contributed by atoms with Gasteiger partial charge in [0.15, 0.2) is 0 Å². The van der Waals surface area contributed by atoms with Crippen molar-refractivity contribution in [3.63, 3.8) is 0 Å². The van der Waals surface area contributed by atoms with Crippen molar-refractivity contribution in [3.8, 4) is 5.19 Å². The van der Waals surface area contributed by atoms with Crippen molar-refractivity contribution in [1.82, 2.24) is 9.36 Å². The maximum absolute atomic E-state index is 12.3.